The van der Waals surface area contributed by atoms with E-state index < -0.39 is 29.1 Å². The van der Waals surface area contributed by atoms with Crippen LogP contribution in [0.1, 0.15) is 34.0 Å². The van der Waals surface area contributed by atoms with Gasteiger partial charge in [0.1, 0.15) is 17.5 Å². The van der Waals surface area contributed by atoms with Crippen molar-refractivity contribution < 1.29 is 23.1 Å². The van der Waals surface area contributed by atoms with E-state index in [4.69, 9.17) is 4.74 Å². The summed E-state index contributed by atoms with van der Waals surface area (Å²) in [5.74, 6) is -1.93. The molecule has 4 rings (SSSR count). The Labute approximate surface area is 171 Å². The summed E-state index contributed by atoms with van der Waals surface area (Å²) >= 11 is 0. The summed E-state index contributed by atoms with van der Waals surface area (Å²) in [6, 6.07) is 10.1. The van der Waals surface area contributed by atoms with Crippen LogP contribution in [0.15, 0.2) is 48.7 Å². The number of ether oxygens (including phenoxy) is 1. The smallest absolute Gasteiger partial charge is 0.339 e. The van der Waals surface area contributed by atoms with E-state index >= 15 is 0 Å². The first-order chi connectivity index (χ1) is 14.3. The molecule has 6 nitrogen and oxygen atoms in total. The number of nitrogens with one attached hydrogen (secondary N) is 1. The van der Waals surface area contributed by atoms with Crippen molar-refractivity contribution in [3.05, 3.63) is 82.5 Å². The van der Waals surface area contributed by atoms with E-state index in [-0.39, 0.29) is 18.5 Å². The van der Waals surface area contributed by atoms with Gasteiger partial charge in [-0.1, -0.05) is 18.2 Å². The van der Waals surface area contributed by atoms with Gasteiger partial charge in [0, 0.05) is 17.5 Å². The third-order valence-electron chi connectivity index (χ3n) is 5.15. The van der Waals surface area contributed by atoms with E-state index in [1.165, 1.54) is 10.9 Å². The van der Waals surface area contributed by atoms with Crippen LogP contribution in [0, 0.1) is 18.6 Å². The molecule has 2 aromatic carbocycles. The number of nitrogens with zero attached hydrogens (tertiary/aromatic N) is 2. The number of cyclic esters (lactones) is 1. The summed E-state index contributed by atoms with van der Waals surface area (Å²) in [7, 11) is 0. The molecule has 2 heterocycles. The van der Waals surface area contributed by atoms with E-state index in [9.17, 15) is 18.4 Å². The van der Waals surface area contributed by atoms with Crippen molar-refractivity contribution >= 4 is 17.7 Å². The number of aryl methyl sites for hydroxylation is 1. The number of carbonyl (C=O) groups is 2. The Morgan fingerprint density at radius 3 is 2.83 bits per heavy atom. The molecule has 0 radical (unpaired) electrons. The Morgan fingerprint density at radius 1 is 1.27 bits per heavy atom. The lowest BCUT2D eigenvalue weighted by atomic mass is 9.89. The highest BCUT2D eigenvalue weighted by molar-refractivity contribution is 6.02. The molecular weight excluding hydrogens is 392 g/mol. The molecule has 0 saturated carbocycles. The highest BCUT2D eigenvalue weighted by atomic mass is 19.1. The summed E-state index contributed by atoms with van der Waals surface area (Å²) in [5.41, 5.74) is 0.463. The molecule has 1 aliphatic rings. The molecule has 154 valence electrons. The average Bonchev–Trinajstić information content (AvgIpc) is 3.04. The quantitative estimate of drug-likeness (QED) is 0.666. The number of amides is 1. The van der Waals surface area contributed by atoms with Crippen molar-refractivity contribution in [2.24, 2.45) is 0 Å². The summed E-state index contributed by atoms with van der Waals surface area (Å²) in [6.07, 6.45) is 1.73. The lowest BCUT2D eigenvalue weighted by molar-refractivity contribution is -0.134. The number of benzene rings is 2. The summed E-state index contributed by atoms with van der Waals surface area (Å²) < 4.78 is 34.4. The summed E-state index contributed by atoms with van der Waals surface area (Å²) in [5, 5.41) is 6.90. The fourth-order valence-corrected chi connectivity index (χ4v) is 3.49. The molecule has 0 spiro atoms. The molecule has 1 amide bonds. The second-order valence-corrected chi connectivity index (χ2v) is 7.48. The number of fused-ring (bicyclic) bond motifs is 1. The number of rotatable bonds is 4. The second kappa shape index (κ2) is 7.37. The van der Waals surface area contributed by atoms with E-state index in [1.807, 2.05) is 0 Å². The van der Waals surface area contributed by atoms with Gasteiger partial charge in [0.2, 0.25) is 0 Å². The minimum Gasteiger partial charge on any atom is -0.445 e. The Hall–Kier alpha value is -3.55. The first kappa shape index (κ1) is 19.8. The molecule has 1 unspecified atom stereocenters. The molecule has 1 aromatic heterocycles. The van der Waals surface area contributed by atoms with Crippen molar-refractivity contribution in [2.75, 3.05) is 5.32 Å². The van der Waals surface area contributed by atoms with Crippen LogP contribution in [-0.4, -0.2) is 27.3 Å². The van der Waals surface area contributed by atoms with Crippen molar-refractivity contribution in [1.29, 1.82) is 0 Å². The van der Waals surface area contributed by atoms with Crippen molar-refractivity contribution in [3.63, 3.8) is 0 Å². The predicted molar refractivity (Wildman–Crippen MR) is 105 cm³/mol. The van der Waals surface area contributed by atoms with Crippen LogP contribution in [0.2, 0.25) is 0 Å². The largest absolute Gasteiger partial charge is 0.445 e. The summed E-state index contributed by atoms with van der Waals surface area (Å²) in [4.78, 5) is 25.4. The number of anilines is 1. The van der Waals surface area contributed by atoms with Gasteiger partial charge in [-0.2, -0.15) is 5.10 Å². The minimum atomic E-state index is -1.42. The van der Waals surface area contributed by atoms with Gasteiger partial charge in [-0.15, -0.1) is 0 Å². The zero-order valence-corrected chi connectivity index (χ0v) is 16.4. The molecule has 1 aliphatic heterocycles. The SMILES string of the molecule is Cc1cnn(Cc2cc(F)ccc2F)c1NC(=O)C1(C)Cc2ccccc2C(=O)O1. The third-order valence-corrected chi connectivity index (χ3v) is 5.15. The van der Waals surface area contributed by atoms with Gasteiger partial charge < -0.3 is 10.1 Å². The standard InChI is InChI=1S/C22H19F2N3O3/c1-13-11-25-27(12-15-9-16(23)7-8-18(15)24)19(13)26-21(29)22(2)10-14-5-3-4-6-17(14)20(28)30-22/h3-9,11H,10,12H2,1-2H3,(H,26,29). The van der Waals surface area contributed by atoms with Crippen molar-refractivity contribution in [3.8, 4) is 0 Å². The van der Waals surface area contributed by atoms with E-state index in [1.54, 1.807) is 38.1 Å². The lowest BCUT2D eigenvalue weighted by Gasteiger charge is -2.33. The molecule has 3 aromatic rings. The van der Waals surface area contributed by atoms with Crippen LogP contribution in [-0.2, 0) is 22.5 Å². The third kappa shape index (κ3) is 3.56. The topological polar surface area (TPSA) is 73.2 Å². The fraction of sp³-hybridized carbons (Fsp3) is 0.227. The summed E-state index contributed by atoms with van der Waals surface area (Å²) in [6.45, 7) is 3.19. The maximum atomic E-state index is 14.0. The van der Waals surface area contributed by atoms with Gasteiger partial charge in [-0.25, -0.2) is 18.3 Å². The van der Waals surface area contributed by atoms with E-state index in [0.29, 0.717) is 16.9 Å². The minimum absolute atomic E-state index is 0.0770. The normalized spacial score (nSPS) is 17.9. The first-order valence-electron chi connectivity index (χ1n) is 9.36. The zero-order valence-electron chi connectivity index (χ0n) is 16.4. The maximum Gasteiger partial charge on any atom is 0.339 e. The number of hydrogen-bond acceptors (Lipinski definition) is 4. The number of carbonyl (C=O) groups excluding carboxylic acids is 2. The van der Waals surface area contributed by atoms with E-state index in [2.05, 4.69) is 10.4 Å². The van der Waals surface area contributed by atoms with Gasteiger partial charge in [0.05, 0.1) is 18.3 Å². The van der Waals surface area contributed by atoms with Gasteiger partial charge in [0.25, 0.3) is 5.91 Å². The number of hydrogen-bond donors (Lipinski definition) is 1. The maximum absolute atomic E-state index is 14.0. The molecule has 1 atom stereocenters. The molecular formula is C22H19F2N3O3. The Kier molecular flexibility index (Phi) is 4.85. The van der Waals surface area contributed by atoms with Crippen LogP contribution >= 0.6 is 0 Å². The second-order valence-electron chi connectivity index (χ2n) is 7.48. The first-order valence-corrected chi connectivity index (χ1v) is 9.36. The van der Waals surface area contributed by atoms with Gasteiger partial charge in [0.15, 0.2) is 5.60 Å². The van der Waals surface area contributed by atoms with E-state index in [0.717, 1.165) is 23.8 Å². The highest BCUT2D eigenvalue weighted by Gasteiger charge is 2.43. The molecule has 1 N–H and O–H groups in total. The molecule has 0 aliphatic carbocycles. The van der Waals surface area contributed by atoms with Crippen molar-refractivity contribution in [2.45, 2.75) is 32.4 Å². The highest BCUT2D eigenvalue weighted by Crippen LogP contribution is 2.30. The van der Waals surface area contributed by atoms with Crippen LogP contribution in [0.5, 0.6) is 0 Å². The van der Waals surface area contributed by atoms with Gasteiger partial charge >= 0.3 is 5.97 Å². The fourth-order valence-electron chi connectivity index (χ4n) is 3.49. The van der Waals surface area contributed by atoms with Crippen molar-refractivity contribution in [1.82, 2.24) is 9.78 Å². The number of esters is 1. The average molecular weight is 411 g/mol. The lowest BCUT2D eigenvalue weighted by Crippen LogP contribution is -2.49. The predicted octanol–water partition coefficient (Wildman–Crippen LogP) is 3.63. The Morgan fingerprint density at radius 2 is 2.03 bits per heavy atom. The Balaban J connectivity index is 1.59. The molecule has 8 heteroatoms. The monoisotopic (exact) mass is 411 g/mol. The number of halogens is 2. The molecule has 0 fully saturated rings. The number of aromatic nitrogens is 2. The van der Waals surface area contributed by atoms with Crippen LogP contribution in [0.4, 0.5) is 14.6 Å². The molecule has 30 heavy (non-hydrogen) atoms. The van der Waals surface area contributed by atoms with Gasteiger partial charge in [-0.05, 0) is 43.7 Å². The molecule has 0 saturated heterocycles. The van der Waals surface area contributed by atoms with Crippen LogP contribution < -0.4 is 5.32 Å². The van der Waals surface area contributed by atoms with Crippen LogP contribution in [0.3, 0.4) is 0 Å². The molecule has 0 bridgehead atoms. The Bertz CT molecular complexity index is 1160. The van der Waals surface area contributed by atoms with Crippen LogP contribution in [0.25, 0.3) is 0 Å². The van der Waals surface area contributed by atoms with Gasteiger partial charge in [-0.3, -0.25) is 4.79 Å². The zero-order chi connectivity index (χ0) is 21.5.